The molecule has 0 atom stereocenters. The van der Waals surface area contributed by atoms with Gasteiger partial charge in [0, 0.05) is 40.5 Å². The zero-order valence-electron chi connectivity index (χ0n) is 13.6. The van der Waals surface area contributed by atoms with Crippen molar-refractivity contribution in [3.05, 3.63) is 42.2 Å². The molecule has 3 rings (SSSR count). The SMILES string of the molecule is N=C(N)OC(=N)c1ccc2[nH]cc(-c3nccc(OCC(F)(F)F)n3)c2c1. The van der Waals surface area contributed by atoms with Gasteiger partial charge >= 0.3 is 6.18 Å². The summed E-state index contributed by atoms with van der Waals surface area (Å²) in [6.07, 6.45) is -1.59. The van der Waals surface area contributed by atoms with Gasteiger partial charge in [-0.1, -0.05) is 0 Å². The predicted octanol–water partition coefficient (Wildman–Crippen LogP) is 2.80. The summed E-state index contributed by atoms with van der Waals surface area (Å²) in [6, 6.07) is 5.48. The molecule has 0 unspecified atom stereocenters. The van der Waals surface area contributed by atoms with Crippen LogP contribution >= 0.6 is 0 Å². The fraction of sp³-hybridized carbons (Fsp3) is 0.125. The topological polar surface area (TPSA) is 134 Å². The van der Waals surface area contributed by atoms with Gasteiger partial charge in [-0.15, -0.1) is 0 Å². The molecular weight excluding hydrogens is 365 g/mol. The van der Waals surface area contributed by atoms with Crippen molar-refractivity contribution in [3.63, 3.8) is 0 Å². The third-order valence-corrected chi connectivity index (χ3v) is 3.41. The summed E-state index contributed by atoms with van der Waals surface area (Å²) < 4.78 is 46.3. The van der Waals surface area contributed by atoms with Crippen LogP contribution in [0.2, 0.25) is 0 Å². The molecule has 0 aliphatic rings. The molecule has 0 bridgehead atoms. The van der Waals surface area contributed by atoms with Crippen molar-refractivity contribution in [3.8, 4) is 17.3 Å². The number of nitrogens with one attached hydrogen (secondary N) is 3. The molecule has 2 aromatic heterocycles. The van der Waals surface area contributed by atoms with Crippen LogP contribution in [0, 0.1) is 10.8 Å². The van der Waals surface area contributed by atoms with Gasteiger partial charge < -0.3 is 20.2 Å². The van der Waals surface area contributed by atoms with Gasteiger partial charge in [-0.05, 0) is 18.2 Å². The number of aromatic nitrogens is 3. The number of hydrogen-bond acceptors (Lipinski definition) is 6. The Morgan fingerprint density at radius 2 is 2.00 bits per heavy atom. The first kappa shape index (κ1) is 18.2. The lowest BCUT2D eigenvalue weighted by molar-refractivity contribution is -0.154. The summed E-state index contributed by atoms with van der Waals surface area (Å²) in [7, 11) is 0. The molecule has 11 heteroatoms. The van der Waals surface area contributed by atoms with E-state index in [-0.39, 0.29) is 17.6 Å². The standard InChI is InChI=1S/C16H13F3N6O2/c17-16(18,19)7-26-12-3-4-23-14(25-12)10-6-24-11-2-1-8(5-9(10)11)13(20)27-15(21)22/h1-6,20,24H,7H2,(H3,21,22). The minimum Gasteiger partial charge on any atom is -0.468 e. The van der Waals surface area contributed by atoms with E-state index >= 15 is 0 Å². The Hall–Kier alpha value is -3.63. The summed E-state index contributed by atoms with van der Waals surface area (Å²) >= 11 is 0. The highest BCUT2D eigenvalue weighted by atomic mass is 19.4. The number of rotatable bonds is 4. The molecule has 5 N–H and O–H groups in total. The van der Waals surface area contributed by atoms with Crippen LogP contribution in [0.25, 0.3) is 22.3 Å². The van der Waals surface area contributed by atoms with E-state index in [1.54, 1.807) is 24.4 Å². The van der Waals surface area contributed by atoms with Crippen LogP contribution in [-0.2, 0) is 4.74 Å². The second-order valence-electron chi connectivity index (χ2n) is 5.38. The quantitative estimate of drug-likeness (QED) is 0.409. The smallest absolute Gasteiger partial charge is 0.422 e. The van der Waals surface area contributed by atoms with Gasteiger partial charge in [-0.3, -0.25) is 10.8 Å². The maximum Gasteiger partial charge on any atom is 0.422 e. The van der Waals surface area contributed by atoms with Gasteiger partial charge in [0.05, 0.1) is 0 Å². The molecule has 1 aromatic carbocycles. The molecule has 140 valence electrons. The van der Waals surface area contributed by atoms with E-state index in [1.807, 2.05) is 0 Å². The molecule has 0 amide bonds. The highest BCUT2D eigenvalue weighted by molar-refractivity contribution is 6.03. The Kier molecular flexibility index (Phi) is 4.67. The Morgan fingerprint density at radius 3 is 2.70 bits per heavy atom. The number of hydrogen-bond donors (Lipinski definition) is 4. The first-order valence-electron chi connectivity index (χ1n) is 7.48. The molecule has 2 heterocycles. The molecule has 0 radical (unpaired) electrons. The average molecular weight is 378 g/mol. The van der Waals surface area contributed by atoms with E-state index in [1.165, 1.54) is 12.3 Å². The fourth-order valence-electron chi connectivity index (χ4n) is 2.32. The highest BCUT2D eigenvalue weighted by Gasteiger charge is 2.28. The van der Waals surface area contributed by atoms with E-state index in [9.17, 15) is 13.2 Å². The summed E-state index contributed by atoms with van der Waals surface area (Å²) in [6.45, 7) is -1.46. The number of alkyl halides is 3. The summed E-state index contributed by atoms with van der Waals surface area (Å²) in [4.78, 5) is 11.1. The zero-order valence-corrected chi connectivity index (χ0v) is 13.6. The third-order valence-electron chi connectivity index (χ3n) is 3.41. The molecule has 0 saturated carbocycles. The van der Waals surface area contributed by atoms with Gasteiger partial charge in [-0.25, -0.2) is 4.98 Å². The molecule has 3 aromatic rings. The van der Waals surface area contributed by atoms with Crippen molar-refractivity contribution in [2.24, 2.45) is 5.73 Å². The van der Waals surface area contributed by atoms with Gasteiger partial charge in [0.1, 0.15) is 0 Å². The van der Waals surface area contributed by atoms with Crippen molar-refractivity contribution in [1.82, 2.24) is 15.0 Å². The predicted molar refractivity (Wildman–Crippen MR) is 90.7 cm³/mol. The van der Waals surface area contributed by atoms with Crippen LogP contribution in [0.3, 0.4) is 0 Å². The number of nitrogens with two attached hydrogens (primary N) is 1. The maximum absolute atomic E-state index is 12.3. The first-order valence-corrected chi connectivity index (χ1v) is 7.48. The van der Waals surface area contributed by atoms with Crippen molar-refractivity contribution >= 4 is 22.8 Å². The van der Waals surface area contributed by atoms with Crippen LogP contribution < -0.4 is 10.5 Å². The molecule has 27 heavy (non-hydrogen) atoms. The highest BCUT2D eigenvalue weighted by Crippen LogP contribution is 2.28. The molecule has 0 fully saturated rings. The Morgan fingerprint density at radius 1 is 1.22 bits per heavy atom. The van der Waals surface area contributed by atoms with E-state index in [2.05, 4.69) is 19.7 Å². The molecule has 0 spiro atoms. The molecule has 0 aliphatic heterocycles. The minimum absolute atomic E-state index is 0.150. The lowest BCUT2D eigenvalue weighted by Crippen LogP contribution is -2.19. The van der Waals surface area contributed by atoms with E-state index in [4.69, 9.17) is 21.3 Å². The number of nitrogens with zero attached hydrogens (tertiary/aromatic N) is 2. The second kappa shape index (κ2) is 6.94. The monoisotopic (exact) mass is 378 g/mol. The number of amidine groups is 1. The summed E-state index contributed by atoms with van der Waals surface area (Å²) in [5, 5.41) is 15.5. The summed E-state index contributed by atoms with van der Waals surface area (Å²) in [5.74, 6) is -0.382. The average Bonchev–Trinajstić information content (AvgIpc) is 3.02. The lowest BCUT2D eigenvalue weighted by Gasteiger charge is -2.09. The van der Waals surface area contributed by atoms with Crippen LogP contribution in [0.15, 0.2) is 36.7 Å². The van der Waals surface area contributed by atoms with Crippen molar-refractivity contribution in [2.45, 2.75) is 6.18 Å². The molecule has 0 aliphatic carbocycles. The van der Waals surface area contributed by atoms with Crippen molar-refractivity contribution < 1.29 is 22.6 Å². The van der Waals surface area contributed by atoms with E-state index < -0.39 is 18.8 Å². The van der Waals surface area contributed by atoms with Crippen LogP contribution in [0.4, 0.5) is 13.2 Å². The van der Waals surface area contributed by atoms with Gasteiger partial charge in [0.2, 0.25) is 11.8 Å². The number of halogens is 3. The minimum atomic E-state index is -4.47. The third kappa shape index (κ3) is 4.32. The lowest BCUT2D eigenvalue weighted by atomic mass is 10.1. The zero-order chi connectivity index (χ0) is 19.6. The van der Waals surface area contributed by atoms with E-state index in [0.29, 0.717) is 22.0 Å². The van der Waals surface area contributed by atoms with Crippen LogP contribution in [0.5, 0.6) is 5.88 Å². The molecule has 8 nitrogen and oxygen atoms in total. The molecular formula is C16H13F3N6O2. The Bertz CT molecular complexity index is 1010. The van der Waals surface area contributed by atoms with Crippen molar-refractivity contribution in [2.75, 3.05) is 6.61 Å². The van der Waals surface area contributed by atoms with Crippen LogP contribution in [-0.4, -0.2) is 39.7 Å². The Balaban J connectivity index is 1.95. The number of benzene rings is 1. The number of ether oxygens (including phenoxy) is 2. The van der Waals surface area contributed by atoms with Gasteiger partial charge in [0.15, 0.2) is 12.4 Å². The van der Waals surface area contributed by atoms with Gasteiger partial charge in [-0.2, -0.15) is 18.2 Å². The second-order valence-corrected chi connectivity index (χ2v) is 5.38. The fourth-order valence-corrected chi connectivity index (χ4v) is 2.32. The van der Waals surface area contributed by atoms with E-state index in [0.717, 1.165) is 0 Å². The normalized spacial score (nSPS) is 11.4. The number of H-pyrrole nitrogens is 1. The van der Waals surface area contributed by atoms with Gasteiger partial charge in [0.25, 0.3) is 6.02 Å². The Labute approximate surface area is 150 Å². The number of fused-ring (bicyclic) bond motifs is 1. The van der Waals surface area contributed by atoms with Crippen LogP contribution in [0.1, 0.15) is 5.56 Å². The first-order chi connectivity index (χ1) is 12.7. The summed E-state index contributed by atoms with van der Waals surface area (Å²) in [5.41, 5.74) is 6.66. The number of aromatic amines is 1. The largest absolute Gasteiger partial charge is 0.468 e. The maximum atomic E-state index is 12.3. The molecule has 0 saturated heterocycles. The van der Waals surface area contributed by atoms with Crippen molar-refractivity contribution in [1.29, 1.82) is 10.8 Å².